The van der Waals surface area contributed by atoms with Crippen LogP contribution in [0.1, 0.15) is 27.2 Å². The highest BCUT2D eigenvalue weighted by atomic mass is 16.6. The first-order valence-electron chi connectivity index (χ1n) is 4.97. The van der Waals surface area contributed by atoms with Crippen molar-refractivity contribution < 1.29 is 14.3 Å². The molecule has 1 atom stereocenters. The predicted octanol–water partition coefficient (Wildman–Crippen LogP) is 0.688. The summed E-state index contributed by atoms with van der Waals surface area (Å²) in [7, 11) is 1.76. The number of carbonyl (C=O) groups excluding carboxylic acids is 2. The lowest BCUT2D eigenvalue weighted by molar-refractivity contribution is -0.108. The van der Waals surface area contributed by atoms with Crippen LogP contribution in [-0.2, 0) is 9.53 Å². The molecule has 1 unspecified atom stereocenters. The van der Waals surface area contributed by atoms with E-state index in [-0.39, 0.29) is 12.5 Å². The second-order valence-corrected chi connectivity index (χ2v) is 4.30. The highest BCUT2D eigenvalue weighted by molar-refractivity contribution is 5.68. The molecule has 0 heterocycles. The molecule has 2 N–H and O–H groups in total. The van der Waals surface area contributed by atoms with E-state index in [1.807, 2.05) is 0 Å². The maximum absolute atomic E-state index is 11.3. The van der Waals surface area contributed by atoms with Gasteiger partial charge >= 0.3 is 6.09 Å². The van der Waals surface area contributed by atoms with Crippen molar-refractivity contribution in [2.75, 3.05) is 13.6 Å². The average molecular weight is 216 g/mol. The molecule has 0 saturated carbocycles. The lowest BCUT2D eigenvalue weighted by Gasteiger charge is -2.22. The predicted molar refractivity (Wildman–Crippen MR) is 57.8 cm³/mol. The second-order valence-electron chi connectivity index (χ2n) is 4.30. The molecule has 5 nitrogen and oxygen atoms in total. The number of alkyl carbamates (subject to hydrolysis) is 1. The zero-order valence-electron chi connectivity index (χ0n) is 9.79. The van der Waals surface area contributed by atoms with Gasteiger partial charge in [0.15, 0.2) is 0 Å². The van der Waals surface area contributed by atoms with Crippen LogP contribution >= 0.6 is 0 Å². The molecule has 0 spiro atoms. The van der Waals surface area contributed by atoms with Crippen LogP contribution in [0.3, 0.4) is 0 Å². The van der Waals surface area contributed by atoms with Crippen LogP contribution in [0, 0.1) is 0 Å². The fraction of sp³-hybridized carbons (Fsp3) is 0.800. The Morgan fingerprint density at radius 2 is 2.07 bits per heavy atom. The van der Waals surface area contributed by atoms with Gasteiger partial charge in [-0.3, -0.25) is 0 Å². The van der Waals surface area contributed by atoms with Crippen molar-refractivity contribution in [3.05, 3.63) is 0 Å². The molecule has 0 aliphatic heterocycles. The third kappa shape index (κ3) is 7.93. The minimum absolute atomic E-state index is 0.220. The van der Waals surface area contributed by atoms with Crippen LogP contribution < -0.4 is 10.6 Å². The van der Waals surface area contributed by atoms with E-state index in [9.17, 15) is 9.59 Å². The third-order valence-electron chi connectivity index (χ3n) is 1.55. The van der Waals surface area contributed by atoms with Gasteiger partial charge in [0.2, 0.25) is 0 Å². The summed E-state index contributed by atoms with van der Waals surface area (Å²) in [5.74, 6) is 0. The number of ether oxygens (including phenoxy) is 1. The quantitative estimate of drug-likeness (QED) is 0.663. The first-order valence-corrected chi connectivity index (χ1v) is 4.97. The van der Waals surface area contributed by atoms with Gasteiger partial charge in [-0.05, 0) is 27.8 Å². The van der Waals surface area contributed by atoms with Gasteiger partial charge in [-0.15, -0.1) is 0 Å². The average Bonchev–Trinajstić information content (AvgIpc) is 2.00. The van der Waals surface area contributed by atoms with Crippen LogP contribution in [0.2, 0.25) is 0 Å². The summed E-state index contributed by atoms with van der Waals surface area (Å²) in [6, 6.07) is -0.220. The van der Waals surface area contributed by atoms with Gasteiger partial charge in [-0.1, -0.05) is 0 Å². The normalized spacial score (nSPS) is 13.1. The molecule has 15 heavy (non-hydrogen) atoms. The van der Waals surface area contributed by atoms with Crippen LogP contribution in [0.15, 0.2) is 0 Å². The Bertz CT molecular complexity index is 211. The molecular formula is C10H20N2O3. The molecule has 88 valence electrons. The molecule has 0 aromatic carbocycles. The summed E-state index contributed by atoms with van der Waals surface area (Å²) in [6.45, 7) is 5.91. The maximum Gasteiger partial charge on any atom is 0.407 e. The lowest BCUT2D eigenvalue weighted by Crippen LogP contribution is -2.43. The van der Waals surface area contributed by atoms with Gasteiger partial charge in [-0.2, -0.15) is 0 Å². The van der Waals surface area contributed by atoms with E-state index in [4.69, 9.17) is 4.74 Å². The molecule has 0 fully saturated rings. The standard InChI is InChI=1S/C10H20N2O3/c1-10(2,3)15-9(14)12-8(5-6-13)7-11-4/h6,8,11H,5,7H2,1-4H3,(H,12,14). The number of amides is 1. The van der Waals surface area contributed by atoms with Crippen LogP contribution in [0.25, 0.3) is 0 Å². The monoisotopic (exact) mass is 216 g/mol. The molecule has 1 amide bonds. The van der Waals surface area contributed by atoms with Crippen molar-refractivity contribution in [3.8, 4) is 0 Å². The van der Waals surface area contributed by atoms with Crippen molar-refractivity contribution in [2.24, 2.45) is 0 Å². The van der Waals surface area contributed by atoms with Gasteiger partial charge in [0.05, 0.1) is 6.04 Å². The van der Waals surface area contributed by atoms with E-state index in [0.717, 1.165) is 6.29 Å². The van der Waals surface area contributed by atoms with Gasteiger partial charge in [0.25, 0.3) is 0 Å². The van der Waals surface area contributed by atoms with Crippen LogP contribution in [0.5, 0.6) is 0 Å². The number of hydrogen-bond donors (Lipinski definition) is 2. The van der Waals surface area contributed by atoms with E-state index in [2.05, 4.69) is 10.6 Å². The number of aldehydes is 1. The second kappa shape index (κ2) is 6.40. The number of rotatable bonds is 5. The van der Waals surface area contributed by atoms with Crippen molar-refractivity contribution in [3.63, 3.8) is 0 Å². The molecule has 0 rings (SSSR count). The van der Waals surface area contributed by atoms with E-state index < -0.39 is 11.7 Å². The Hall–Kier alpha value is -1.10. The highest BCUT2D eigenvalue weighted by Crippen LogP contribution is 2.06. The van der Waals surface area contributed by atoms with Crippen LogP contribution in [0.4, 0.5) is 4.79 Å². The van der Waals surface area contributed by atoms with Crippen LogP contribution in [-0.4, -0.2) is 37.6 Å². The summed E-state index contributed by atoms with van der Waals surface area (Å²) in [5, 5.41) is 5.51. The minimum Gasteiger partial charge on any atom is -0.444 e. The van der Waals surface area contributed by atoms with E-state index in [1.165, 1.54) is 0 Å². The fourth-order valence-electron chi connectivity index (χ4n) is 1.03. The molecule has 0 aromatic heterocycles. The minimum atomic E-state index is -0.518. The number of hydrogen-bond acceptors (Lipinski definition) is 4. The Morgan fingerprint density at radius 1 is 1.47 bits per heavy atom. The molecule has 0 radical (unpaired) electrons. The zero-order valence-corrected chi connectivity index (χ0v) is 9.79. The molecule has 5 heteroatoms. The zero-order chi connectivity index (χ0) is 11.9. The van der Waals surface area contributed by atoms with E-state index in [0.29, 0.717) is 6.54 Å². The third-order valence-corrected chi connectivity index (χ3v) is 1.55. The fourth-order valence-corrected chi connectivity index (χ4v) is 1.03. The SMILES string of the molecule is CNCC(CC=O)NC(=O)OC(C)(C)C. The van der Waals surface area contributed by atoms with Crippen molar-refractivity contribution >= 4 is 12.4 Å². The molecule has 0 aromatic rings. The molecule has 0 aliphatic carbocycles. The van der Waals surface area contributed by atoms with Crippen molar-refractivity contribution in [1.82, 2.24) is 10.6 Å². The van der Waals surface area contributed by atoms with E-state index in [1.54, 1.807) is 27.8 Å². The van der Waals surface area contributed by atoms with E-state index >= 15 is 0 Å². The summed E-state index contributed by atoms with van der Waals surface area (Å²) < 4.78 is 5.07. The first-order chi connectivity index (χ1) is 6.89. The van der Waals surface area contributed by atoms with Gasteiger partial charge in [-0.25, -0.2) is 4.79 Å². The molecule has 0 bridgehead atoms. The number of likely N-dealkylation sites (N-methyl/N-ethyl adjacent to an activating group) is 1. The lowest BCUT2D eigenvalue weighted by atomic mass is 10.2. The molecule has 0 aliphatic rings. The van der Waals surface area contributed by atoms with Gasteiger partial charge < -0.3 is 20.2 Å². The summed E-state index contributed by atoms with van der Waals surface area (Å²) in [5.41, 5.74) is -0.518. The number of nitrogens with one attached hydrogen (secondary N) is 2. The maximum atomic E-state index is 11.3. The Morgan fingerprint density at radius 3 is 2.47 bits per heavy atom. The summed E-state index contributed by atoms with van der Waals surface area (Å²) in [4.78, 5) is 21.7. The van der Waals surface area contributed by atoms with Crippen molar-refractivity contribution in [1.29, 1.82) is 0 Å². The Labute approximate surface area is 90.6 Å². The topological polar surface area (TPSA) is 67.4 Å². The van der Waals surface area contributed by atoms with Gasteiger partial charge in [0.1, 0.15) is 11.9 Å². The summed E-state index contributed by atoms with van der Waals surface area (Å²) in [6.07, 6.45) is 0.559. The largest absolute Gasteiger partial charge is 0.444 e. The van der Waals surface area contributed by atoms with Gasteiger partial charge in [0, 0.05) is 13.0 Å². The Balaban J connectivity index is 4.04. The first kappa shape index (κ1) is 13.9. The Kier molecular flexibility index (Phi) is 5.93. The molecule has 0 saturated heterocycles. The highest BCUT2D eigenvalue weighted by Gasteiger charge is 2.18. The smallest absolute Gasteiger partial charge is 0.407 e. The van der Waals surface area contributed by atoms with Crippen molar-refractivity contribution in [2.45, 2.75) is 38.8 Å². The summed E-state index contributed by atoms with van der Waals surface area (Å²) >= 11 is 0. The number of carbonyl (C=O) groups is 2. The molecular weight excluding hydrogens is 196 g/mol.